The number of rotatable bonds is 4. The summed E-state index contributed by atoms with van der Waals surface area (Å²) < 4.78 is 0. The molecule has 19 heavy (non-hydrogen) atoms. The molecule has 5 nitrogen and oxygen atoms in total. The first-order chi connectivity index (χ1) is 9.09. The van der Waals surface area contributed by atoms with Crippen molar-refractivity contribution in [3.63, 3.8) is 0 Å². The Hall–Kier alpha value is -2.82. The largest absolute Gasteiger partial charge is 0.478 e. The lowest BCUT2D eigenvalue weighted by molar-refractivity contribution is 0.0696. The monoisotopic (exact) mass is 257 g/mol. The molecule has 0 amide bonds. The van der Waals surface area contributed by atoms with Crippen LogP contribution < -0.4 is 5.32 Å². The van der Waals surface area contributed by atoms with Crippen molar-refractivity contribution in [2.75, 3.05) is 5.32 Å². The van der Waals surface area contributed by atoms with E-state index in [-0.39, 0.29) is 16.8 Å². The Balaban J connectivity index is 2.52. The van der Waals surface area contributed by atoms with Gasteiger partial charge >= 0.3 is 11.9 Å². The molecule has 0 aliphatic heterocycles. The normalized spacial score (nSPS) is 9.89. The highest BCUT2D eigenvalue weighted by Gasteiger charge is 2.18. The molecule has 2 aromatic carbocycles. The van der Waals surface area contributed by atoms with Crippen molar-refractivity contribution in [2.24, 2.45) is 0 Å². The maximum absolute atomic E-state index is 11.2. The Morgan fingerprint density at radius 2 is 1.32 bits per heavy atom. The minimum absolute atomic E-state index is 0.0775. The van der Waals surface area contributed by atoms with Gasteiger partial charge < -0.3 is 15.5 Å². The SMILES string of the molecule is O=C(O)c1cccc(C(=O)O)c1Nc1ccccc1. The molecule has 0 spiro atoms. The van der Waals surface area contributed by atoms with Crippen LogP contribution in [0.5, 0.6) is 0 Å². The zero-order chi connectivity index (χ0) is 13.8. The predicted molar refractivity (Wildman–Crippen MR) is 70.1 cm³/mol. The molecule has 0 saturated carbocycles. The second-order valence-electron chi connectivity index (χ2n) is 3.83. The Labute approximate surface area is 109 Å². The summed E-state index contributed by atoms with van der Waals surface area (Å²) in [5.41, 5.74) is 0.542. The first kappa shape index (κ1) is 12.6. The van der Waals surface area contributed by atoms with Gasteiger partial charge in [0.15, 0.2) is 0 Å². The van der Waals surface area contributed by atoms with E-state index in [9.17, 15) is 9.59 Å². The maximum atomic E-state index is 11.2. The van der Waals surface area contributed by atoms with Crippen LogP contribution in [0.15, 0.2) is 48.5 Å². The number of benzene rings is 2. The topological polar surface area (TPSA) is 86.6 Å². The van der Waals surface area contributed by atoms with E-state index in [1.165, 1.54) is 18.2 Å². The van der Waals surface area contributed by atoms with Crippen molar-refractivity contribution in [3.8, 4) is 0 Å². The number of anilines is 2. The van der Waals surface area contributed by atoms with Crippen LogP contribution in [-0.4, -0.2) is 22.2 Å². The van der Waals surface area contributed by atoms with Gasteiger partial charge in [-0.2, -0.15) is 0 Å². The number of carbonyl (C=O) groups is 2. The number of nitrogens with one attached hydrogen (secondary N) is 1. The average molecular weight is 257 g/mol. The van der Waals surface area contributed by atoms with Crippen LogP contribution in [0.25, 0.3) is 0 Å². The van der Waals surface area contributed by atoms with E-state index in [2.05, 4.69) is 5.32 Å². The summed E-state index contributed by atoms with van der Waals surface area (Å²) in [4.78, 5) is 22.3. The lowest BCUT2D eigenvalue weighted by Crippen LogP contribution is -2.09. The number of hydrogen-bond acceptors (Lipinski definition) is 3. The quantitative estimate of drug-likeness (QED) is 0.784. The third kappa shape index (κ3) is 2.71. The fourth-order valence-corrected chi connectivity index (χ4v) is 1.71. The highest BCUT2D eigenvalue weighted by Crippen LogP contribution is 2.25. The van der Waals surface area contributed by atoms with E-state index in [1.807, 2.05) is 6.07 Å². The van der Waals surface area contributed by atoms with Crippen molar-refractivity contribution in [1.29, 1.82) is 0 Å². The van der Waals surface area contributed by atoms with Crippen molar-refractivity contribution in [1.82, 2.24) is 0 Å². The number of aromatic carboxylic acids is 2. The number of para-hydroxylation sites is 2. The molecule has 3 N–H and O–H groups in total. The summed E-state index contributed by atoms with van der Waals surface area (Å²) in [6.45, 7) is 0. The molecular formula is C14H11NO4. The molecule has 0 bridgehead atoms. The first-order valence-electron chi connectivity index (χ1n) is 5.51. The molecule has 0 radical (unpaired) electrons. The van der Waals surface area contributed by atoms with E-state index in [1.54, 1.807) is 24.3 Å². The van der Waals surface area contributed by atoms with Gasteiger partial charge in [-0.15, -0.1) is 0 Å². The van der Waals surface area contributed by atoms with Crippen molar-refractivity contribution in [3.05, 3.63) is 59.7 Å². The number of carboxylic acid groups (broad SMARTS) is 2. The standard InChI is InChI=1S/C14H11NO4/c16-13(17)10-7-4-8-11(14(18)19)12(10)15-9-5-2-1-3-6-9/h1-8,15H,(H,16,17)(H,18,19). The van der Waals surface area contributed by atoms with Gasteiger partial charge in [0.2, 0.25) is 0 Å². The molecule has 2 rings (SSSR count). The smallest absolute Gasteiger partial charge is 0.337 e. The Kier molecular flexibility index (Phi) is 3.47. The third-order valence-corrected chi connectivity index (χ3v) is 2.57. The van der Waals surface area contributed by atoms with E-state index in [0.717, 1.165) is 0 Å². The highest BCUT2D eigenvalue weighted by molar-refractivity contribution is 6.04. The summed E-state index contributed by atoms with van der Waals surface area (Å²) in [6.07, 6.45) is 0. The average Bonchev–Trinajstić information content (AvgIpc) is 2.39. The zero-order valence-electron chi connectivity index (χ0n) is 9.83. The molecule has 0 aliphatic carbocycles. The maximum Gasteiger partial charge on any atom is 0.337 e. The Morgan fingerprint density at radius 3 is 1.79 bits per heavy atom. The van der Waals surface area contributed by atoms with Crippen LogP contribution in [0.3, 0.4) is 0 Å². The molecule has 5 heteroatoms. The summed E-state index contributed by atoms with van der Waals surface area (Å²) in [6, 6.07) is 12.9. The summed E-state index contributed by atoms with van der Waals surface area (Å²) in [5, 5.41) is 21.1. The van der Waals surface area contributed by atoms with Crippen molar-refractivity contribution in [2.45, 2.75) is 0 Å². The fourth-order valence-electron chi connectivity index (χ4n) is 1.71. The van der Waals surface area contributed by atoms with Gasteiger partial charge in [0.1, 0.15) is 0 Å². The lowest BCUT2D eigenvalue weighted by Gasteiger charge is -2.12. The van der Waals surface area contributed by atoms with Crippen LogP contribution >= 0.6 is 0 Å². The van der Waals surface area contributed by atoms with Gasteiger partial charge in [0.25, 0.3) is 0 Å². The van der Waals surface area contributed by atoms with Crippen LogP contribution in [0.2, 0.25) is 0 Å². The first-order valence-corrected chi connectivity index (χ1v) is 5.51. The molecule has 0 aliphatic rings. The van der Waals surface area contributed by atoms with E-state index < -0.39 is 11.9 Å². The number of hydrogen-bond donors (Lipinski definition) is 3. The highest BCUT2D eigenvalue weighted by atomic mass is 16.4. The molecular weight excluding hydrogens is 246 g/mol. The van der Waals surface area contributed by atoms with Crippen molar-refractivity contribution < 1.29 is 19.8 Å². The van der Waals surface area contributed by atoms with Crippen molar-refractivity contribution >= 4 is 23.3 Å². The summed E-state index contributed by atoms with van der Waals surface area (Å²) in [7, 11) is 0. The molecule has 0 saturated heterocycles. The number of carboxylic acids is 2. The Morgan fingerprint density at radius 1 is 0.789 bits per heavy atom. The van der Waals surface area contributed by atoms with Crippen LogP contribution in [-0.2, 0) is 0 Å². The fraction of sp³-hybridized carbons (Fsp3) is 0. The Bertz CT molecular complexity index is 590. The van der Waals surface area contributed by atoms with Crippen LogP contribution in [0.4, 0.5) is 11.4 Å². The molecule has 2 aromatic rings. The molecule has 0 fully saturated rings. The summed E-state index contributed by atoms with van der Waals surface area (Å²) >= 11 is 0. The van der Waals surface area contributed by atoms with Gasteiger partial charge in [-0.25, -0.2) is 9.59 Å². The molecule has 0 aromatic heterocycles. The van der Waals surface area contributed by atoms with E-state index in [0.29, 0.717) is 5.69 Å². The third-order valence-electron chi connectivity index (χ3n) is 2.57. The van der Waals surface area contributed by atoms with Gasteiger partial charge in [-0.1, -0.05) is 24.3 Å². The van der Waals surface area contributed by atoms with E-state index >= 15 is 0 Å². The molecule has 96 valence electrons. The van der Waals surface area contributed by atoms with Gasteiger partial charge in [0.05, 0.1) is 16.8 Å². The zero-order valence-corrected chi connectivity index (χ0v) is 9.83. The lowest BCUT2D eigenvalue weighted by atomic mass is 10.1. The minimum atomic E-state index is -1.18. The predicted octanol–water partition coefficient (Wildman–Crippen LogP) is 2.83. The van der Waals surface area contributed by atoms with Gasteiger partial charge in [0, 0.05) is 5.69 Å². The second-order valence-corrected chi connectivity index (χ2v) is 3.83. The van der Waals surface area contributed by atoms with Gasteiger partial charge in [-0.05, 0) is 24.3 Å². The van der Waals surface area contributed by atoms with Crippen LogP contribution in [0, 0.1) is 0 Å². The molecule has 0 atom stereocenters. The molecule has 0 unspecified atom stereocenters. The molecule has 0 heterocycles. The van der Waals surface area contributed by atoms with E-state index in [4.69, 9.17) is 10.2 Å². The van der Waals surface area contributed by atoms with Crippen LogP contribution in [0.1, 0.15) is 20.7 Å². The minimum Gasteiger partial charge on any atom is -0.478 e. The van der Waals surface area contributed by atoms with Gasteiger partial charge in [-0.3, -0.25) is 0 Å². The summed E-state index contributed by atoms with van der Waals surface area (Å²) in [5.74, 6) is -2.36. The second kappa shape index (κ2) is 5.22.